The molecule has 6 heteroatoms. The van der Waals surface area contributed by atoms with Crippen LogP contribution in [-0.4, -0.2) is 4.98 Å². The van der Waals surface area contributed by atoms with Crippen LogP contribution in [0.25, 0.3) is 0 Å². The van der Waals surface area contributed by atoms with Crippen molar-refractivity contribution in [3.05, 3.63) is 61.5 Å². The first-order chi connectivity index (χ1) is 8.50. The maximum absolute atomic E-state index is 14.0. The fourth-order valence-corrected chi connectivity index (χ4v) is 2.22. The first kappa shape index (κ1) is 13.9. The third-order valence-corrected chi connectivity index (χ3v) is 4.20. The minimum absolute atomic E-state index is 0.0278. The second-order valence-corrected chi connectivity index (χ2v) is 5.79. The molecule has 1 atom stereocenters. The molecule has 1 aromatic heterocycles. The van der Waals surface area contributed by atoms with Crippen LogP contribution < -0.4 is 5.73 Å². The Balaban J connectivity index is 2.43. The van der Waals surface area contributed by atoms with E-state index in [1.807, 2.05) is 0 Å². The van der Waals surface area contributed by atoms with Gasteiger partial charge in [-0.15, -0.1) is 0 Å². The van der Waals surface area contributed by atoms with Gasteiger partial charge in [-0.05, 0) is 50.1 Å². The molecular weight excluding hydrogens is 386 g/mol. The third-order valence-electron chi connectivity index (χ3n) is 2.47. The van der Waals surface area contributed by atoms with Gasteiger partial charge in [0.25, 0.3) is 0 Å². The fraction of sp³-hybridized carbons (Fsp3) is 0.0833. The molecule has 2 N–H and O–H groups in total. The lowest BCUT2D eigenvalue weighted by Crippen LogP contribution is -2.15. The van der Waals surface area contributed by atoms with Crippen molar-refractivity contribution in [1.82, 2.24) is 4.98 Å². The minimum Gasteiger partial charge on any atom is -0.319 e. The molecule has 2 aromatic rings. The Kier molecular flexibility index (Phi) is 4.37. The Morgan fingerprint density at radius 1 is 1.22 bits per heavy atom. The Bertz CT molecular complexity index is 575. The monoisotopic (exact) mass is 392 g/mol. The van der Waals surface area contributed by atoms with Gasteiger partial charge in [0.1, 0.15) is 5.82 Å². The van der Waals surface area contributed by atoms with Gasteiger partial charge in [-0.2, -0.15) is 0 Å². The van der Waals surface area contributed by atoms with Crippen LogP contribution in [0.5, 0.6) is 0 Å². The molecule has 94 valence electrons. The molecule has 0 saturated carbocycles. The van der Waals surface area contributed by atoms with Gasteiger partial charge >= 0.3 is 0 Å². The van der Waals surface area contributed by atoms with E-state index in [0.717, 1.165) is 4.47 Å². The van der Waals surface area contributed by atoms with Crippen LogP contribution in [0.4, 0.5) is 4.39 Å². The first-order valence-corrected chi connectivity index (χ1v) is 6.97. The second kappa shape index (κ2) is 5.65. The number of nitrogens with zero attached hydrogens (tertiary/aromatic N) is 1. The summed E-state index contributed by atoms with van der Waals surface area (Å²) in [6.07, 6.45) is 1.62. The summed E-state index contributed by atoms with van der Waals surface area (Å²) in [7, 11) is 0. The average Bonchev–Trinajstić information content (AvgIpc) is 2.36. The van der Waals surface area contributed by atoms with Gasteiger partial charge in [0.15, 0.2) is 0 Å². The van der Waals surface area contributed by atoms with Crippen LogP contribution in [-0.2, 0) is 0 Å². The SMILES string of the molecule is NC(c1ccc(Br)cn1)c1ccc(Br)c(Cl)c1F. The van der Waals surface area contributed by atoms with Crippen LogP contribution in [0, 0.1) is 5.82 Å². The molecule has 0 aliphatic heterocycles. The van der Waals surface area contributed by atoms with Gasteiger partial charge < -0.3 is 5.73 Å². The number of pyridine rings is 1. The molecule has 1 heterocycles. The van der Waals surface area contributed by atoms with E-state index < -0.39 is 11.9 Å². The zero-order valence-electron chi connectivity index (χ0n) is 9.00. The molecular formula is C12H8Br2ClFN2. The molecule has 2 rings (SSSR count). The van der Waals surface area contributed by atoms with Gasteiger partial charge in [-0.1, -0.05) is 17.7 Å². The summed E-state index contributed by atoms with van der Waals surface area (Å²) < 4.78 is 15.3. The van der Waals surface area contributed by atoms with Crippen molar-refractivity contribution in [2.75, 3.05) is 0 Å². The predicted molar refractivity (Wildman–Crippen MR) is 77.1 cm³/mol. The molecule has 0 aliphatic rings. The lowest BCUT2D eigenvalue weighted by molar-refractivity contribution is 0.596. The van der Waals surface area contributed by atoms with E-state index in [9.17, 15) is 4.39 Å². The Morgan fingerprint density at radius 3 is 2.56 bits per heavy atom. The smallest absolute Gasteiger partial charge is 0.148 e. The van der Waals surface area contributed by atoms with Crippen molar-refractivity contribution < 1.29 is 4.39 Å². The van der Waals surface area contributed by atoms with E-state index in [2.05, 4.69) is 36.8 Å². The molecule has 0 fully saturated rings. The maximum atomic E-state index is 14.0. The number of halogens is 4. The van der Waals surface area contributed by atoms with Gasteiger partial charge in [0, 0.05) is 20.7 Å². The average molecular weight is 394 g/mol. The highest BCUT2D eigenvalue weighted by molar-refractivity contribution is 9.10. The minimum atomic E-state index is -0.649. The van der Waals surface area contributed by atoms with Gasteiger partial charge in [-0.25, -0.2) is 4.39 Å². The van der Waals surface area contributed by atoms with E-state index in [0.29, 0.717) is 15.7 Å². The summed E-state index contributed by atoms with van der Waals surface area (Å²) >= 11 is 12.3. The Hall–Kier alpha value is -0.490. The number of hydrogen-bond acceptors (Lipinski definition) is 2. The molecule has 0 aliphatic carbocycles. The van der Waals surface area contributed by atoms with Crippen LogP contribution >= 0.6 is 43.5 Å². The Morgan fingerprint density at radius 2 is 1.94 bits per heavy atom. The molecule has 18 heavy (non-hydrogen) atoms. The molecule has 0 spiro atoms. The van der Waals surface area contributed by atoms with E-state index in [1.165, 1.54) is 0 Å². The summed E-state index contributed by atoms with van der Waals surface area (Å²) in [5.41, 5.74) is 6.89. The first-order valence-electron chi connectivity index (χ1n) is 5.01. The standard InChI is InChI=1S/C12H8Br2ClFN2/c13-6-1-4-9(18-5-6)12(17)7-2-3-8(14)10(15)11(7)16/h1-5,12H,17H2. The number of rotatable bonds is 2. The highest BCUT2D eigenvalue weighted by Crippen LogP contribution is 2.31. The van der Waals surface area contributed by atoms with Gasteiger partial charge in [0.2, 0.25) is 0 Å². The number of benzene rings is 1. The van der Waals surface area contributed by atoms with E-state index >= 15 is 0 Å². The van der Waals surface area contributed by atoms with Crippen LogP contribution in [0.15, 0.2) is 39.4 Å². The van der Waals surface area contributed by atoms with Crippen molar-refractivity contribution in [3.8, 4) is 0 Å². The number of aromatic nitrogens is 1. The normalized spacial score (nSPS) is 12.5. The van der Waals surface area contributed by atoms with Crippen molar-refractivity contribution >= 4 is 43.5 Å². The van der Waals surface area contributed by atoms with E-state index in [4.69, 9.17) is 17.3 Å². The summed E-state index contributed by atoms with van der Waals surface area (Å²) in [4.78, 5) is 4.15. The van der Waals surface area contributed by atoms with Crippen LogP contribution in [0.1, 0.15) is 17.3 Å². The van der Waals surface area contributed by atoms with Crippen molar-refractivity contribution in [2.24, 2.45) is 5.73 Å². The highest BCUT2D eigenvalue weighted by atomic mass is 79.9. The maximum Gasteiger partial charge on any atom is 0.148 e. The summed E-state index contributed by atoms with van der Waals surface area (Å²) in [5.74, 6) is -0.525. The van der Waals surface area contributed by atoms with Crippen LogP contribution in [0.2, 0.25) is 5.02 Å². The second-order valence-electron chi connectivity index (χ2n) is 3.64. The van der Waals surface area contributed by atoms with Gasteiger partial charge in [-0.3, -0.25) is 4.98 Å². The number of nitrogens with two attached hydrogens (primary N) is 1. The van der Waals surface area contributed by atoms with Crippen molar-refractivity contribution in [3.63, 3.8) is 0 Å². The predicted octanol–water partition coefficient (Wildman–Crippen LogP) is 4.45. The number of hydrogen-bond donors (Lipinski definition) is 1. The third kappa shape index (κ3) is 2.74. The Labute approximate surface area is 126 Å². The molecule has 0 saturated heterocycles. The highest BCUT2D eigenvalue weighted by Gasteiger charge is 2.18. The molecule has 2 nitrogen and oxygen atoms in total. The van der Waals surface area contributed by atoms with Crippen LogP contribution in [0.3, 0.4) is 0 Å². The quantitative estimate of drug-likeness (QED) is 0.765. The van der Waals surface area contributed by atoms with Gasteiger partial charge in [0.05, 0.1) is 16.8 Å². The summed E-state index contributed by atoms with van der Waals surface area (Å²) in [5, 5.41) is 0.0278. The molecule has 1 unspecified atom stereocenters. The van der Waals surface area contributed by atoms with E-state index in [1.54, 1.807) is 30.5 Å². The van der Waals surface area contributed by atoms with Crippen molar-refractivity contribution in [1.29, 1.82) is 0 Å². The molecule has 0 bridgehead atoms. The molecule has 0 amide bonds. The summed E-state index contributed by atoms with van der Waals surface area (Å²) in [6.45, 7) is 0. The molecule has 1 aromatic carbocycles. The fourth-order valence-electron chi connectivity index (χ4n) is 1.51. The zero-order chi connectivity index (χ0) is 13.3. The lowest BCUT2D eigenvalue weighted by atomic mass is 10.0. The largest absolute Gasteiger partial charge is 0.319 e. The van der Waals surface area contributed by atoms with Crippen molar-refractivity contribution in [2.45, 2.75) is 6.04 Å². The molecule has 0 radical (unpaired) electrons. The lowest BCUT2D eigenvalue weighted by Gasteiger charge is -2.13. The zero-order valence-corrected chi connectivity index (χ0v) is 12.9. The summed E-state index contributed by atoms with van der Waals surface area (Å²) in [6, 6.07) is 6.16. The topological polar surface area (TPSA) is 38.9 Å². The van der Waals surface area contributed by atoms with E-state index in [-0.39, 0.29) is 5.02 Å².